The van der Waals surface area contributed by atoms with Gasteiger partial charge in [0.05, 0.1) is 47.8 Å². The van der Waals surface area contributed by atoms with Gasteiger partial charge in [-0.05, 0) is 55.7 Å². The van der Waals surface area contributed by atoms with Gasteiger partial charge in [-0.1, -0.05) is 18.5 Å². The van der Waals surface area contributed by atoms with Crippen molar-refractivity contribution >= 4 is 23.3 Å². The van der Waals surface area contributed by atoms with Crippen molar-refractivity contribution < 1.29 is 4.79 Å². The summed E-state index contributed by atoms with van der Waals surface area (Å²) in [5, 5.41) is 12.4. The van der Waals surface area contributed by atoms with Crippen LogP contribution in [-0.4, -0.2) is 54.4 Å². The average Bonchev–Trinajstić information content (AvgIpc) is 3.51. The van der Waals surface area contributed by atoms with Gasteiger partial charge in [0.25, 0.3) is 5.91 Å². The lowest BCUT2D eigenvalue weighted by molar-refractivity contribution is -0.0502. The molecule has 2 saturated carbocycles. The van der Waals surface area contributed by atoms with Crippen molar-refractivity contribution in [2.24, 2.45) is 11.8 Å². The monoisotopic (exact) mass is 463 g/mol. The molecule has 1 aromatic carbocycles. The summed E-state index contributed by atoms with van der Waals surface area (Å²) in [6.07, 6.45) is 11.4. The summed E-state index contributed by atoms with van der Waals surface area (Å²) in [5.74, 6) is 2.35. The van der Waals surface area contributed by atoms with Crippen LogP contribution in [0.5, 0.6) is 0 Å². The third kappa shape index (κ3) is 3.76. The van der Waals surface area contributed by atoms with Crippen LogP contribution in [0.15, 0.2) is 43.0 Å². The quantitative estimate of drug-likeness (QED) is 0.595. The van der Waals surface area contributed by atoms with Crippen LogP contribution < -0.4 is 5.32 Å². The van der Waals surface area contributed by atoms with E-state index >= 15 is 0 Å². The van der Waals surface area contributed by atoms with Gasteiger partial charge in [0.15, 0.2) is 0 Å². The average molecular weight is 464 g/mol. The van der Waals surface area contributed by atoms with Crippen LogP contribution in [0.4, 0.5) is 5.82 Å². The topological polar surface area (TPSA) is 88.8 Å². The molecule has 3 aromatic rings. The molecule has 0 spiro atoms. The number of aromatic nitrogens is 5. The minimum Gasteiger partial charge on any atom is -0.367 e. The minimum atomic E-state index is -0.0261. The summed E-state index contributed by atoms with van der Waals surface area (Å²) in [6, 6.07) is 5.59. The highest BCUT2D eigenvalue weighted by molar-refractivity contribution is 6.31. The number of piperidine rings is 2. The molecule has 1 N–H and O–H groups in total. The number of nitrogens with zero attached hydrogens (tertiary/aromatic N) is 6. The first kappa shape index (κ1) is 20.6. The van der Waals surface area contributed by atoms with E-state index in [1.54, 1.807) is 30.6 Å². The Kier molecular flexibility index (Phi) is 5.05. The normalized spacial score (nSPS) is 26.1. The summed E-state index contributed by atoms with van der Waals surface area (Å²) >= 11 is 6.30. The number of anilines is 1. The number of amides is 1. The molecule has 0 radical (unpaired) electrons. The number of carbonyl (C=O) groups excluding carboxylic acids is 1. The predicted octanol–water partition coefficient (Wildman–Crippen LogP) is 3.94. The highest BCUT2D eigenvalue weighted by atomic mass is 35.5. The highest BCUT2D eigenvalue weighted by Crippen LogP contribution is 2.47. The van der Waals surface area contributed by atoms with Crippen molar-refractivity contribution in [1.29, 1.82) is 0 Å². The molecule has 4 heterocycles. The van der Waals surface area contributed by atoms with E-state index in [0.717, 1.165) is 24.4 Å². The summed E-state index contributed by atoms with van der Waals surface area (Å²) in [7, 11) is 0. The number of hydrogen-bond acceptors (Lipinski definition) is 6. The molecule has 2 aromatic heterocycles. The van der Waals surface area contributed by atoms with Crippen molar-refractivity contribution in [2.45, 2.75) is 50.6 Å². The minimum absolute atomic E-state index is 0.0261. The zero-order valence-electron chi connectivity index (χ0n) is 18.4. The van der Waals surface area contributed by atoms with E-state index < -0.39 is 0 Å². The molecule has 4 aliphatic rings. The van der Waals surface area contributed by atoms with Crippen molar-refractivity contribution in [3.63, 3.8) is 0 Å². The molecule has 2 atom stereocenters. The molecular formula is C24H26ClN7O. The van der Waals surface area contributed by atoms with Gasteiger partial charge in [-0.15, -0.1) is 0 Å². The van der Waals surface area contributed by atoms with Gasteiger partial charge in [0.1, 0.15) is 5.82 Å². The van der Waals surface area contributed by atoms with Gasteiger partial charge in [-0.2, -0.15) is 15.0 Å². The zero-order valence-corrected chi connectivity index (χ0v) is 19.2. The molecule has 2 saturated heterocycles. The fourth-order valence-electron chi connectivity index (χ4n) is 5.29. The van der Waals surface area contributed by atoms with Gasteiger partial charge < -0.3 is 10.2 Å². The van der Waals surface area contributed by atoms with E-state index in [9.17, 15) is 4.79 Å². The zero-order chi connectivity index (χ0) is 22.5. The number of fused-ring (bicyclic) bond motifs is 2. The molecule has 2 aliphatic carbocycles. The lowest BCUT2D eigenvalue weighted by Crippen LogP contribution is -2.64. The first-order valence-corrected chi connectivity index (χ1v) is 12.0. The second-order valence-corrected chi connectivity index (χ2v) is 9.92. The number of carbonyl (C=O) groups is 1. The molecule has 170 valence electrons. The lowest BCUT2D eigenvalue weighted by atomic mass is 9.64. The van der Waals surface area contributed by atoms with E-state index in [4.69, 9.17) is 11.6 Å². The molecule has 1 amide bonds. The van der Waals surface area contributed by atoms with E-state index in [2.05, 4.69) is 37.3 Å². The van der Waals surface area contributed by atoms with E-state index in [0.29, 0.717) is 40.6 Å². The van der Waals surface area contributed by atoms with Gasteiger partial charge in [0, 0.05) is 23.5 Å². The fraction of sp³-hybridized carbons (Fsp3) is 0.458. The standard InChI is InChI=1S/C24H26ClN7O/c1-14-16-8-18(9-16)31(22(14)12-28-23-13-26-20(11-27-23)15-2-3-15)24(33)19-10-17(25)4-5-21(19)32-29-6-7-30-32/h4-7,10-11,13-16,18,22H,2-3,8-9,12H2,1H3,(H,27,28)/t14-,16?,18?,22?/m1/s1. The Bertz CT molecular complexity index is 1160. The first-order valence-electron chi connectivity index (χ1n) is 11.6. The third-order valence-electron chi connectivity index (χ3n) is 7.47. The van der Waals surface area contributed by atoms with Crippen molar-refractivity contribution in [3.8, 4) is 5.69 Å². The maximum Gasteiger partial charge on any atom is 0.256 e. The predicted molar refractivity (Wildman–Crippen MR) is 124 cm³/mol. The number of nitrogens with one attached hydrogen (secondary N) is 1. The van der Waals surface area contributed by atoms with Crippen LogP contribution in [0, 0.1) is 11.8 Å². The van der Waals surface area contributed by atoms with Crippen LogP contribution in [0.1, 0.15) is 54.6 Å². The Balaban J connectivity index is 1.26. The first-order chi connectivity index (χ1) is 16.1. The molecular weight excluding hydrogens is 438 g/mol. The van der Waals surface area contributed by atoms with Crippen LogP contribution in [0.2, 0.25) is 5.02 Å². The number of rotatable bonds is 6. The summed E-state index contributed by atoms with van der Waals surface area (Å²) < 4.78 is 0. The molecule has 1 unspecified atom stereocenters. The Morgan fingerprint density at radius 2 is 1.94 bits per heavy atom. The largest absolute Gasteiger partial charge is 0.367 e. The van der Waals surface area contributed by atoms with Crippen molar-refractivity contribution in [2.75, 3.05) is 11.9 Å². The summed E-state index contributed by atoms with van der Waals surface area (Å²) in [6.45, 7) is 2.88. The van der Waals surface area contributed by atoms with E-state index in [-0.39, 0.29) is 18.0 Å². The molecule has 4 fully saturated rings. The SMILES string of the molecule is C[C@@H]1C2CC(C2)N(C(=O)c2cc(Cl)ccc2-n2nccn2)C1CNc1cnc(C2CC2)cn1. The van der Waals surface area contributed by atoms with Gasteiger partial charge in [0.2, 0.25) is 0 Å². The van der Waals surface area contributed by atoms with Gasteiger partial charge in [-0.25, -0.2) is 4.98 Å². The molecule has 2 bridgehead atoms. The third-order valence-corrected chi connectivity index (χ3v) is 7.70. The van der Waals surface area contributed by atoms with Gasteiger partial charge in [-0.3, -0.25) is 9.78 Å². The van der Waals surface area contributed by atoms with E-state index in [1.165, 1.54) is 17.6 Å². The Hall–Kier alpha value is -3.00. The van der Waals surface area contributed by atoms with Crippen molar-refractivity contribution in [1.82, 2.24) is 29.9 Å². The Morgan fingerprint density at radius 3 is 2.64 bits per heavy atom. The summed E-state index contributed by atoms with van der Waals surface area (Å²) in [4.78, 5) is 26.6. The smallest absolute Gasteiger partial charge is 0.256 e. The van der Waals surface area contributed by atoms with Crippen LogP contribution in [0.3, 0.4) is 0 Å². The fourth-order valence-corrected chi connectivity index (χ4v) is 5.46. The Morgan fingerprint density at radius 1 is 1.15 bits per heavy atom. The highest BCUT2D eigenvalue weighted by Gasteiger charge is 2.50. The Labute approximate surface area is 197 Å². The van der Waals surface area contributed by atoms with Crippen LogP contribution in [0.25, 0.3) is 5.69 Å². The second kappa shape index (κ2) is 8.09. The van der Waals surface area contributed by atoms with E-state index in [1.807, 2.05) is 12.4 Å². The lowest BCUT2D eigenvalue weighted by Gasteiger charge is -2.57. The molecule has 9 heteroatoms. The maximum absolute atomic E-state index is 13.9. The number of hydrogen-bond donors (Lipinski definition) is 1. The van der Waals surface area contributed by atoms with Crippen molar-refractivity contribution in [3.05, 3.63) is 59.3 Å². The van der Waals surface area contributed by atoms with Crippen LogP contribution >= 0.6 is 11.6 Å². The molecule has 7 rings (SSSR count). The molecule has 33 heavy (non-hydrogen) atoms. The molecule has 2 aliphatic heterocycles. The molecule has 8 nitrogen and oxygen atoms in total. The number of halogens is 1. The second-order valence-electron chi connectivity index (χ2n) is 9.49. The number of benzene rings is 1. The summed E-state index contributed by atoms with van der Waals surface area (Å²) in [5.41, 5.74) is 2.23. The maximum atomic E-state index is 13.9. The van der Waals surface area contributed by atoms with Gasteiger partial charge >= 0.3 is 0 Å². The van der Waals surface area contributed by atoms with Crippen LogP contribution in [-0.2, 0) is 0 Å².